The topological polar surface area (TPSA) is 73.4 Å². The number of morpholine rings is 1. The van der Waals surface area contributed by atoms with Crippen LogP contribution < -0.4 is 5.32 Å². The number of nitrogens with zero attached hydrogens (tertiary/aromatic N) is 2. The molecule has 1 aromatic heterocycles. The van der Waals surface area contributed by atoms with Gasteiger partial charge in [-0.25, -0.2) is 9.37 Å². The summed E-state index contributed by atoms with van der Waals surface area (Å²) in [6.45, 7) is 3.63. The highest BCUT2D eigenvalue weighted by molar-refractivity contribution is 5.77. The summed E-state index contributed by atoms with van der Waals surface area (Å²) < 4.78 is 18.8. The summed E-state index contributed by atoms with van der Waals surface area (Å²) in [4.78, 5) is 9.54. The summed E-state index contributed by atoms with van der Waals surface area (Å²) in [7, 11) is 1.99. The van der Waals surface area contributed by atoms with E-state index in [0.29, 0.717) is 36.7 Å². The van der Waals surface area contributed by atoms with Gasteiger partial charge < -0.3 is 20.1 Å². The van der Waals surface area contributed by atoms with Crippen molar-refractivity contribution in [2.75, 3.05) is 38.7 Å². The number of aromatic nitrogens is 2. The molecular weight excluding hydrogens is 287 g/mol. The molecule has 3 rings (SSSR count). The molecule has 1 aromatic carbocycles. The van der Waals surface area contributed by atoms with E-state index in [1.165, 1.54) is 12.1 Å². The smallest absolute Gasteiger partial charge is 0.201 e. The Morgan fingerprint density at radius 3 is 3.18 bits per heavy atom. The summed E-state index contributed by atoms with van der Waals surface area (Å²) in [6.07, 6.45) is 0. The molecule has 2 heterocycles. The number of H-pyrrole nitrogens is 1. The Labute approximate surface area is 128 Å². The summed E-state index contributed by atoms with van der Waals surface area (Å²) in [6, 6.07) is 4.65. The zero-order valence-corrected chi connectivity index (χ0v) is 12.8. The van der Waals surface area contributed by atoms with E-state index in [2.05, 4.69) is 27.1 Å². The van der Waals surface area contributed by atoms with Gasteiger partial charge in [0.25, 0.3) is 0 Å². The van der Waals surface area contributed by atoms with Gasteiger partial charge in [0.05, 0.1) is 36.4 Å². The van der Waals surface area contributed by atoms with E-state index in [1.54, 1.807) is 6.07 Å². The molecule has 1 saturated heterocycles. The number of anilines is 1. The molecule has 0 unspecified atom stereocenters. The third-order valence-electron chi connectivity index (χ3n) is 4.46. The minimum Gasteiger partial charge on any atom is -0.394 e. The van der Waals surface area contributed by atoms with Crippen LogP contribution in [0.15, 0.2) is 18.2 Å². The molecule has 3 N–H and O–H groups in total. The number of aliphatic hydroxyl groups is 1. The predicted molar refractivity (Wildman–Crippen MR) is 82.4 cm³/mol. The Kier molecular flexibility index (Phi) is 4.03. The summed E-state index contributed by atoms with van der Waals surface area (Å²) in [5.41, 5.74) is 0.841. The third-order valence-corrected chi connectivity index (χ3v) is 4.46. The first-order valence-electron chi connectivity index (χ1n) is 7.35. The van der Waals surface area contributed by atoms with Crippen molar-refractivity contribution in [2.45, 2.75) is 18.5 Å². The molecule has 0 amide bonds. The number of likely N-dealkylation sites (N-methyl/N-ethyl adjacent to an activating group) is 1. The summed E-state index contributed by atoms with van der Waals surface area (Å²) >= 11 is 0. The number of nitrogens with one attached hydrogen (secondary N) is 2. The van der Waals surface area contributed by atoms with Crippen molar-refractivity contribution in [2.24, 2.45) is 0 Å². The first kappa shape index (κ1) is 15.2. The Morgan fingerprint density at radius 2 is 2.41 bits per heavy atom. The predicted octanol–water partition coefficient (Wildman–Crippen LogP) is 1.20. The molecule has 0 spiro atoms. The van der Waals surface area contributed by atoms with E-state index in [4.69, 9.17) is 4.74 Å². The number of hydrogen-bond acceptors (Lipinski definition) is 5. The van der Waals surface area contributed by atoms with Gasteiger partial charge in [-0.1, -0.05) is 0 Å². The van der Waals surface area contributed by atoms with Crippen molar-refractivity contribution in [1.29, 1.82) is 0 Å². The maximum absolute atomic E-state index is 13.2. The van der Waals surface area contributed by atoms with Gasteiger partial charge in [0, 0.05) is 12.6 Å². The molecule has 1 aliphatic rings. The zero-order chi connectivity index (χ0) is 15.7. The average molecular weight is 308 g/mol. The highest BCUT2D eigenvalue weighted by atomic mass is 19.1. The third kappa shape index (κ3) is 2.67. The maximum atomic E-state index is 13.2. The summed E-state index contributed by atoms with van der Waals surface area (Å²) in [5.74, 6) is 0.254. The molecule has 0 bridgehead atoms. The fourth-order valence-corrected chi connectivity index (χ4v) is 2.80. The number of benzene rings is 1. The zero-order valence-electron chi connectivity index (χ0n) is 12.8. The van der Waals surface area contributed by atoms with Crippen LogP contribution in [0, 0.1) is 5.82 Å². The van der Waals surface area contributed by atoms with Gasteiger partial charge in [0.1, 0.15) is 5.82 Å². The molecule has 2 atom stereocenters. The lowest BCUT2D eigenvalue weighted by molar-refractivity contribution is -0.101. The SMILES string of the molecule is C[C@@H]1COC[C@@](CO)(CNc2nc3ccc(F)cc3[nH]2)N1C. The quantitative estimate of drug-likeness (QED) is 0.791. The lowest BCUT2D eigenvalue weighted by atomic mass is 9.96. The first-order valence-corrected chi connectivity index (χ1v) is 7.35. The van der Waals surface area contributed by atoms with Crippen molar-refractivity contribution in [1.82, 2.24) is 14.9 Å². The number of rotatable bonds is 4. The number of ether oxygens (including phenoxy) is 1. The average Bonchev–Trinajstić information content (AvgIpc) is 2.91. The second-order valence-electron chi connectivity index (χ2n) is 5.96. The van der Waals surface area contributed by atoms with Crippen molar-refractivity contribution in [3.8, 4) is 0 Å². The first-order chi connectivity index (χ1) is 10.5. The second-order valence-corrected chi connectivity index (χ2v) is 5.96. The molecular formula is C15H21FN4O2. The largest absolute Gasteiger partial charge is 0.394 e. The fraction of sp³-hybridized carbons (Fsp3) is 0.533. The van der Waals surface area contributed by atoms with Crippen LogP contribution in [0.2, 0.25) is 0 Å². The fourth-order valence-electron chi connectivity index (χ4n) is 2.80. The Morgan fingerprint density at radius 1 is 1.59 bits per heavy atom. The lowest BCUT2D eigenvalue weighted by Gasteiger charge is -2.47. The van der Waals surface area contributed by atoms with Gasteiger partial charge in [0.15, 0.2) is 0 Å². The van der Waals surface area contributed by atoms with E-state index < -0.39 is 5.54 Å². The van der Waals surface area contributed by atoms with Gasteiger partial charge in [-0.3, -0.25) is 4.90 Å². The number of imidazole rings is 1. The normalized spacial score (nSPS) is 26.5. The van der Waals surface area contributed by atoms with Crippen LogP contribution in [0.1, 0.15) is 6.92 Å². The van der Waals surface area contributed by atoms with E-state index >= 15 is 0 Å². The van der Waals surface area contributed by atoms with Crippen LogP contribution in [-0.4, -0.2) is 65.0 Å². The summed E-state index contributed by atoms with van der Waals surface area (Å²) in [5, 5.41) is 13.0. The molecule has 7 heteroatoms. The maximum Gasteiger partial charge on any atom is 0.201 e. The standard InChI is InChI=1S/C15H21FN4O2/c1-10-6-22-9-15(8-21,20(10)2)7-17-14-18-12-4-3-11(16)5-13(12)19-14/h3-5,10,21H,6-9H2,1-2H3,(H2,17,18,19)/t10-,15+/m1/s1. The van der Waals surface area contributed by atoms with Crippen LogP contribution in [0.4, 0.5) is 10.3 Å². The molecule has 22 heavy (non-hydrogen) atoms. The Hall–Kier alpha value is -1.70. The van der Waals surface area contributed by atoms with Crippen LogP contribution in [0.3, 0.4) is 0 Å². The van der Waals surface area contributed by atoms with Gasteiger partial charge in [-0.2, -0.15) is 0 Å². The highest BCUT2D eigenvalue weighted by Gasteiger charge is 2.40. The molecule has 1 aliphatic heterocycles. The number of halogens is 1. The van der Waals surface area contributed by atoms with E-state index in [0.717, 1.165) is 0 Å². The Bertz CT molecular complexity index is 662. The van der Waals surface area contributed by atoms with Crippen molar-refractivity contribution >= 4 is 17.0 Å². The molecule has 120 valence electrons. The number of hydrogen-bond donors (Lipinski definition) is 3. The van der Waals surface area contributed by atoms with Crippen LogP contribution >= 0.6 is 0 Å². The van der Waals surface area contributed by atoms with E-state index in [9.17, 15) is 9.50 Å². The minimum absolute atomic E-state index is 0.0182. The van der Waals surface area contributed by atoms with Gasteiger partial charge in [-0.05, 0) is 32.2 Å². The van der Waals surface area contributed by atoms with Crippen LogP contribution in [-0.2, 0) is 4.74 Å². The van der Waals surface area contributed by atoms with Gasteiger partial charge >= 0.3 is 0 Å². The molecule has 0 radical (unpaired) electrons. The lowest BCUT2D eigenvalue weighted by Crippen LogP contribution is -2.64. The Balaban J connectivity index is 1.76. The second kappa shape index (κ2) is 5.83. The number of aliphatic hydroxyl groups excluding tert-OH is 1. The van der Waals surface area contributed by atoms with Crippen molar-refractivity contribution < 1.29 is 14.2 Å². The minimum atomic E-state index is -0.498. The molecule has 6 nitrogen and oxygen atoms in total. The van der Waals surface area contributed by atoms with E-state index in [-0.39, 0.29) is 18.5 Å². The molecule has 1 fully saturated rings. The molecule has 0 aliphatic carbocycles. The number of fused-ring (bicyclic) bond motifs is 1. The van der Waals surface area contributed by atoms with Crippen LogP contribution in [0.5, 0.6) is 0 Å². The molecule has 0 saturated carbocycles. The molecule has 2 aromatic rings. The van der Waals surface area contributed by atoms with Crippen LogP contribution in [0.25, 0.3) is 11.0 Å². The van der Waals surface area contributed by atoms with Crippen molar-refractivity contribution in [3.05, 3.63) is 24.0 Å². The van der Waals surface area contributed by atoms with Gasteiger partial charge in [0.2, 0.25) is 5.95 Å². The van der Waals surface area contributed by atoms with Gasteiger partial charge in [-0.15, -0.1) is 0 Å². The van der Waals surface area contributed by atoms with E-state index in [1.807, 2.05) is 7.05 Å². The monoisotopic (exact) mass is 308 g/mol. The highest BCUT2D eigenvalue weighted by Crippen LogP contribution is 2.23. The number of aromatic amines is 1. The van der Waals surface area contributed by atoms with Crippen molar-refractivity contribution in [3.63, 3.8) is 0 Å².